The van der Waals surface area contributed by atoms with Crippen molar-refractivity contribution in [1.82, 2.24) is 4.90 Å². The van der Waals surface area contributed by atoms with Gasteiger partial charge in [-0.25, -0.2) is 0 Å². The van der Waals surface area contributed by atoms with Gasteiger partial charge < -0.3 is 5.11 Å². The number of benzene rings is 1. The van der Waals surface area contributed by atoms with Crippen molar-refractivity contribution in [3.05, 3.63) is 29.8 Å². The molecule has 4 heteroatoms. The van der Waals surface area contributed by atoms with E-state index in [9.17, 15) is 9.90 Å². The second-order valence-electron chi connectivity index (χ2n) is 4.63. The zero-order valence-corrected chi connectivity index (χ0v) is 11.4. The summed E-state index contributed by atoms with van der Waals surface area (Å²) in [5.74, 6) is -0.684. The third-order valence-electron chi connectivity index (χ3n) is 3.46. The standard InChI is InChI=1S/C14H19NO2S/c1-18-13-8-3-2-6-11(13)10-15-9-5-4-7-12(15)14(16)17/h2-3,6,8,12H,4-5,7,9-10H2,1H3,(H,16,17). The number of rotatable bonds is 4. The first kappa shape index (κ1) is 13.4. The Kier molecular flexibility index (Phi) is 4.66. The number of aliphatic carboxylic acids is 1. The predicted octanol–water partition coefficient (Wildman–Crippen LogP) is 2.85. The number of carboxylic acid groups (broad SMARTS) is 1. The number of carboxylic acids is 1. The van der Waals surface area contributed by atoms with Crippen LogP contribution in [0.5, 0.6) is 0 Å². The summed E-state index contributed by atoms with van der Waals surface area (Å²) in [5.41, 5.74) is 1.23. The minimum atomic E-state index is -0.684. The molecule has 3 nitrogen and oxygen atoms in total. The number of piperidine rings is 1. The van der Waals surface area contributed by atoms with Gasteiger partial charge in [0, 0.05) is 11.4 Å². The number of nitrogens with zero attached hydrogens (tertiary/aromatic N) is 1. The molecule has 0 amide bonds. The van der Waals surface area contributed by atoms with Crippen molar-refractivity contribution in [3.8, 4) is 0 Å². The van der Waals surface area contributed by atoms with Crippen molar-refractivity contribution in [2.75, 3.05) is 12.8 Å². The summed E-state index contributed by atoms with van der Waals surface area (Å²) in [6, 6.07) is 7.93. The summed E-state index contributed by atoms with van der Waals surface area (Å²) in [6.07, 6.45) is 4.96. The molecule has 0 spiro atoms. The molecule has 98 valence electrons. The van der Waals surface area contributed by atoms with Crippen LogP contribution in [0.3, 0.4) is 0 Å². The monoisotopic (exact) mass is 265 g/mol. The smallest absolute Gasteiger partial charge is 0.320 e. The van der Waals surface area contributed by atoms with Crippen molar-refractivity contribution in [1.29, 1.82) is 0 Å². The lowest BCUT2D eigenvalue weighted by Crippen LogP contribution is -2.44. The summed E-state index contributed by atoms with van der Waals surface area (Å²) >= 11 is 1.72. The van der Waals surface area contributed by atoms with Gasteiger partial charge in [-0.3, -0.25) is 9.69 Å². The van der Waals surface area contributed by atoms with Gasteiger partial charge in [-0.2, -0.15) is 0 Å². The van der Waals surface area contributed by atoms with E-state index in [-0.39, 0.29) is 6.04 Å². The zero-order valence-electron chi connectivity index (χ0n) is 10.6. The molecule has 18 heavy (non-hydrogen) atoms. The third kappa shape index (κ3) is 3.06. The van der Waals surface area contributed by atoms with Crippen LogP contribution in [0, 0.1) is 0 Å². The number of hydrogen-bond donors (Lipinski definition) is 1. The van der Waals surface area contributed by atoms with Gasteiger partial charge in [-0.05, 0) is 37.3 Å². The average molecular weight is 265 g/mol. The summed E-state index contributed by atoms with van der Waals surface area (Å²) in [7, 11) is 0. The number of carbonyl (C=O) groups is 1. The van der Waals surface area contributed by atoms with Gasteiger partial charge >= 0.3 is 5.97 Å². The average Bonchev–Trinajstić information content (AvgIpc) is 2.40. The molecule has 1 aromatic carbocycles. The first-order valence-corrected chi connectivity index (χ1v) is 7.53. The van der Waals surface area contributed by atoms with E-state index in [0.717, 1.165) is 32.4 Å². The molecular weight excluding hydrogens is 246 g/mol. The predicted molar refractivity (Wildman–Crippen MR) is 73.9 cm³/mol. The number of likely N-dealkylation sites (tertiary alicyclic amines) is 1. The Labute approximate surface area is 112 Å². The van der Waals surface area contributed by atoms with E-state index in [2.05, 4.69) is 23.3 Å². The van der Waals surface area contributed by atoms with Crippen LogP contribution in [-0.4, -0.2) is 34.8 Å². The molecule has 1 heterocycles. The van der Waals surface area contributed by atoms with Crippen LogP contribution in [0.4, 0.5) is 0 Å². The Bertz CT molecular complexity index is 422. The lowest BCUT2D eigenvalue weighted by molar-refractivity contribution is -0.144. The molecule has 0 bridgehead atoms. The molecule has 2 rings (SSSR count). The maximum atomic E-state index is 11.3. The first-order valence-electron chi connectivity index (χ1n) is 6.31. The normalized spacial score (nSPS) is 20.8. The second-order valence-corrected chi connectivity index (χ2v) is 5.48. The molecule has 1 atom stereocenters. The van der Waals surface area contributed by atoms with Crippen molar-refractivity contribution < 1.29 is 9.90 Å². The van der Waals surface area contributed by atoms with E-state index in [0.29, 0.717) is 0 Å². The van der Waals surface area contributed by atoms with Gasteiger partial charge in [-0.15, -0.1) is 11.8 Å². The first-order chi connectivity index (χ1) is 8.72. The van der Waals surface area contributed by atoms with E-state index in [1.54, 1.807) is 11.8 Å². The highest BCUT2D eigenvalue weighted by Gasteiger charge is 2.28. The van der Waals surface area contributed by atoms with Crippen LogP contribution < -0.4 is 0 Å². The van der Waals surface area contributed by atoms with E-state index in [1.165, 1.54) is 10.5 Å². The van der Waals surface area contributed by atoms with Crippen LogP contribution in [0.25, 0.3) is 0 Å². The highest BCUT2D eigenvalue weighted by molar-refractivity contribution is 7.98. The Morgan fingerprint density at radius 1 is 1.44 bits per heavy atom. The molecule has 1 saturated heterocycles. The molecule has 0 aromatic heterocycles. The Morgan fingerprint density at radius 3 is 2.94 bits per heavy atom. The molecule has 1 aromatic rings. The molecule has 1 fully saturated rings. The quantitative estimate of drug-likeness (QED) is 0.850. The molecule has 1 unspecified atom stereocenters. The third-order valence-corrected chi connectivity index (χ3v) is 4.30. The Morgan fingerprint density at radius 2 is 2.22 bits per heavy atom. The maximum absolute atomic E-state index is 11.3. The highest BCUT2D eigenvalue weighted by atomic mass is 32.2. The van der Waals surface area contributed by atoms with Crippen molar-refractivity contribution in [3.63, 3.8) is 0 Å². The van der Waals surface area contributed by atoms with Gasteiger partial charge in [0.15, 0.2) is 0 Å². The van der Waals surface area contributed by atoms with E-state index in [4.69, 9.17) is 0 Å². The molecule has 0 saturated carbocycles. The zero-order chi connectivity index (χ0) is 13.0. The van der Waals surface area contributed by atoms with Crippen LogP contribution in [0.2, 0.25) is 0 Å². The minimum Gasteiger partial charge on any atom is -0.480 e. The molecule has 1 aliphatic heterocycles. The van der Waals surface area contributed by atoms with Gasteiger partial charge in [0.1, 0.15) is 6.04 Å². The van der Waals surface area contributed by atoms with Gasteiger partial charge in [0.2, 0.25) is 0 Å². The van der Waals surface area contributed by atoms with Crippen LogP contribution in [0.1, 0.15) is 24.8 Å². The molecule has 1 N–H and O–H groups in total. The largest absolute Gasteiger partial charge is 0.480 e. The fraction of sp³-hybridized carbons (Fsp3) is 0.500. The highest BCUT2D eigenvalue weighted by Crippen LogP contribution is 2.25. The lowest BCUT2D eigenvalue weighted by atomic mass is 10.0. The van der Waals surface area contributed by atoms with Crippen LogP contribution >= 0.6 is 11.8 Å². The fourth-order valence-electron chi connectivity index (χ4n) is 2.51. The summed E-state index contributed by atoms with van der Waals surface area (Å²) < 4.78 is 0. The van der Waals surface area contributed by atoms with Crippen LogP contribution in [0.15, 0.2) is 29.2 Å². The number of hydrogen-bond acceptors (Lipinski definition) is 3. The van der Waals surface area contributed by atoms with Crippen LogP contribution in [-0.2, 0) is 11.3 Å². The van der Waals surface area contributed by atoms with Crippen molar-refractivity contribution >= 4 is 17.7 Å². The molecule has 0 aliphatic carbocycles. The SMILES string of the molecule is CSc1ccccc1CN1CCCCC1C(=O)O. The molecule has 0 radical (unpaired) electrons. The lowest BCUT2D eigenvalue weighted by Gasteiger charge is -2.33. The fourth-order valence-corrected chi connectivity index (χ4v) is 3.12. The van der Waals surface area contributed by atoms with Crippen molar-refractivity contribution in [2.24, 2.45) is 0 Å². The summed E-state index contributed by atoms with van der Waals surface area (Å²) in [4.78, 5) is 14.6. The Hall–Kier alpha value is -1.00. The minimum absolute atomic E-state index is 0.311. The maximum Gasteiger partial charge on any atom is 0.320 e. The van der Waals surface area contributed by atoms with Gasteiger partial charge in [0.25, 0.3) is 0 Å². The topological polar surface area (TPSA) is 40.5 Å². The Balaban J connectivity index is 2.13. The van der Waals surface area contributed by atoms with Crippen molar-refractivity contribution in [2.45, 2.75) is 36.7 Å². The number of thioether (sulfide) groups is 1. The second kappa shape index (κ2) is 6.25. The van der Waals surface area contributed by atoms with E-state index >= 15 is 0 Å². The molecular formula is C14H19NO2S. The van der Waals surface area contributed by atoms with Gasteiger partial charge in [0.05, 0.1) is 0 Å². The van der Waals surface area contributed by atoms with E-state index in [1.807, 2.05) is 12.1 Å². The summed E-state index contributed by atoms with van der Waals surface area (Å²) in [5, 5.41) is 9.27. The summed E-state index contributed by atoms with van der Waals surface area (Å²) in [6.45, 7) is 1.63. The molecule has 1 aliphatic rings. The van der Waals surface area contributed by atoms with Gasteiger partial charge in [-0.1, -0.05) is 24.6 Å². The van der Waals surface area contributed by atoms with E-state index < -0.39 is 5.97 Å².